The number of carbonyl (C=O) groups is 1. The van der Waals surface area contributed by atoms with Crippen molar-refractivity contribution in [2.75, 3.05) is 13.7 Å². The fraction of sp³-hybridized carbons (Fsp3) is 0.265. The van der Waals surface area contributed by atoms with Crippen molar-refractivity contribution < 1.29 is 28.7 Å². The molecule has 3 aromatic carbocycles. The van der Waals surface area contributed by atoms with E-state index in [4.69, 9.17) is 30.5 Å². The molecule has 5 rings (SSSR count). The summed E-state index contributed by atoms with van der Waals surface area (Å²) in [7, 11) is 1.52. The first-order valence-corrected chi connectivity index (χ1v) is 16.8. The van der Waals surface area contributed by atoms with Crippen LogP contribution < -0.4 is 29.1 Å². The second-order valence-corrected chi connectivity index (χ2v) is 13.2. The summed E-state index contributed by atoms with van der Waals surface area (Å²) in [6.07, 6.45) is 1.56. The SMILES string of the molecule is CCOC(=O)C1=C(C)N=c2s/c(=C/c3cc(Cl)cc(Br)c3OCc3ccc([N+](=O)[O-])cc3)c(=O)n2[C@@H]1c1ccc(OC(C)C)c(OC)c1. The van der Waals surface area contributed by atoms with Gasteiger partial charge in [-0.1, -0.05) is 29.0 Å². The second kappa shape index (κ2) is 14.8. The van der Waals surface area contributed by atoms with Gasteiger partial charge in [0.15, 0.2) is 16.3 Å². The molecule has 0 saturated carbocycles. The summed E-state index contributed by atoms with van der Waals surface area (Å²) in [5.74, 6) is 0.795. The standard InChI is InChI=1S/C34H31BrClN3O8S/c1-6-45-33(41)29-19(4)37-34-38(30(29)21-9-12-26(47-18(2)3)27(14-21)44-5)32(40)28(48-34)15-22-13-23(36)16-25(35)31(22)46-17-20-7-10-24(11-8-20)39(42)43/h7-16,18,30H,6,17H2,1-5H3/b28-15+/t30-/m1/s1. The fourth-order valence-corrected chi connectivity index (χ4v) is 7.15. The predicted molar refractivity (Wildman–Crippen MR) is 186 cm³/mol. The number of ether oxygens (including phenoxy) is 4. The normalized spacial score (nSPS) is 14.4. The fourth-order valence-electron chi connectivity index (χ4n) is 5.16. The van der Waals surface area contributed by atoms with Crippen LogP contribution in [0.2, 0.25) is 5.02 Å². The maximum absolute atomic E-state index is 14.3. The molecule has 0 fully saturated rings. The zero-order valence-corrected chi connectivity index (χ0v) is 29.8. The van der Waals surface area contributed by atoms with Gasteiger partial charge >= 0.3 is 5.97 Å². The van der Waals surface area contributed by atoms with Crippen LogP contribution in [0.1, 0.15) is 50.4 Å². The van der Waals surface area contributed by atoms with Crippen LogP contribution in [0.25, 0.3) is 6.08 Å². The Hall–Kier alpha value is -4.46. The maximum atomic E-state index is 14.3. The number of allylic oxidation sites excluding steroid dienone is 1. The van der Waals surface area contributed by atoms with E-state index in [9.17, 15) is 19.7 Å². The van der Waals surface area contributed by atoms with Crippen molar-refractivity contribution in [3.8, 4) is 17.2 Å². The lowest BCUT2D eigenvalue weighted by atomic mass is 9.95. The summed E-state index contributed by atoms with van der Waals surface area (Å²) in [6.45, 7) is 7.47. The Labute approximate surface area is 293 Å². The van der Waals surface area contributed by atoms with E-state index in [2.05, 4.69) is 20.9 Å². The van der Waals surface area contributed by atoms with E-state index in [-0.39, 0.29) is 30.6 Å². The lowest BCUT2D eigenvalue weighted by Crippen LogP contribution is -2.40. The quantitative estimate of drug-likeness (QED) is 0.0964. The van der Waals surface area contributed by atoms with Crippen LogP contribution in [0.4, 0.5) is 5.69 Å². The number of esters is 1. The molecule has 1 aliphatic heterocycles. The number of carbonyl (C=O) groups excluding carboxylic acids is 1. The molecule has 0 saturated heterocycles. The Kier molecular flexibility index (Phi) is 10.7. The monoisotopic (exact) mass is 755 g/mol. The van der Waals surface area contributed by atoms with Crippen molar-refractivity contribution in [2.45, 2.75) is 46.4 Å². The summed E-state index contributed by atoms with van der Waals surface area (Å²) in [6, 6.07) is 13.8. The first-order valence-electron chi connectivity index (χ1n) is 14.8. The molecule has 0 amide bonds. The highest BCUT2D eigenvalue weighted by Crippen LogP contribution is 2.37. The van der Waals surface area contributed by atoms with Crippen LogP contribution >= 0.6 is 38.9 Å². The summed E-state index contributed by atoms with van der Waals surface area (Å²) in [5.41, 5.74) is 2.05. The second-order valence-electron chi connectivity index (χ2n) is 10.9. The highest BCUT2D eigenvalue weighted by atomic mass is 79.9. The lowest BCUT2D eigenvalue weighted by molar-refractivity contribution is -0.384. The number of rotatable bonds is 11. The number of hydrogen-bond donors (Lipinski definition) is 0. The van der Waals surface area contributed by atoms with Crippen LogP contribution in [0.5, 0.6) is 17.2 Å². The third kappa shape index (κ3) is 7.33. The van der Waals surface area contributed by atoms with Crippen LogP contribution in [0, 0.1) is 10.1 Å². The molecular weight excluding hydrogens is 726 g/mol. The Morgan fingerprint density at radius 1 is 1.17 bits per heavy atom. The van der Waals surface area contributed by atoms with Crippen LogP contribution in [-0.2, 0) is 16.1 Å². The van der Waals surface area contributed by atoms with Crippen molar-refractivity contribution in [3.05, 3.63) is 122 Å². The zero-order valence-electron chi connectivity index (χ0n) is 26.6. The Balaban J connectivity index is 1.63. The van der Waals surface area contributed by atoms with Gasteiger partial charge < -0.3 is 18.9 Å². The number of nitro groups is 1. The smallest absolute Gasteiger partial charge is 0.338 e. The third-order valence-corrected chi connectivity index (χ3v) is 9.03. The van der Waals surface area contributed by atoms with Gasteiger partial charge in [0.05, 0.1) is 51.1 Å². The zero-order chi connectivity index (χ0) is 34.7. The number of non-ortho nitro benzene ring substituents is 1. The molecule has 0 radical (unpaired) electrons. The molecule has 0 bridgehead atoms. The Morgan fingerprint density at radius 3 is 2.54 bits per heavy atom. The van der Waals surface area contributed by atoms with Gasteiger partial charge in [-0.3, -0.25) is 19.5 Å². The number of nitrogens with zero attached hydrogens (tertiary/aromatic N) is 3. The minimum Gasteiger partial charge on any atom is -0.493 e. The molecule has 0 unspecified atom stereocenters. The van der Waals surface area contributed by atoms with Crippen molar-refractivity contribution in [3.63, 3.8) is 0 Å². The average Bonchev–Trinajstić information content (AvgIpc) is 3.33. The topological polar surface area (TPSA) is 131 Å². The molecule has 0 N–H and O–H groups in total. The number of halogens is 2. The predicted octanol–water partition coefficient (Wildman–Crippen LogP) is 6.50. The van der Waals surface area contributed by atoms with E-state index in [1.54, 1.807) is 62.4 Å². The van der Waals surface area contributed by atoms with Crippen LogP contribution in [-0.4, -0.2) is 35.3 Å². The van der Waals surface area contributed by atoms with Crippen molar-refractivity contribution in [2.24, 2.45) is 4.99 Å². The highest BCUT2D eigenvalue weighted by molar-refractivity contribution is 9.10. The molecule has 1 aliphatic rings. The van der Waals surface area contributed by atoms with Gasteiger partial charge in [-0.25, -0.2) is 9.79 Å². The van der Waals surface area contributed by atoms with Gasteiger partial charge in [0.1, 0.15) is 12.4 Å². The number of benzene rings is 3. The average molecular weight is 757 g/mol. The van der Waals surface area contributed by atoms with Gasteiger partial charge in [-0.15, -0.1) is 0 Å². The van der Waals surface area contributed by atoms with Crippen molar-refractivity contribution in [1.82, 2.24) is 4.57 Å². The Morgan fingerprint density at radius 2 is 1.90 bits per heavy atom. The molecular formula is C34H31BrClN3O8S. The van der Waals surface area contributed by atoms with E-state index >= 15 is 0 Å². The summed E-state index contributed by atoms with van der Waals surface area (Å²) >= 11 is 11.1. The van der Waals surface area contributed by atoms with Gasteiger partial charge in [0.2, 0.25) is 0 Å². The van der Waals surface area contributed by atoms with Crippen LogP contribution in [0.3, 0.4) is 0 Å². The summed E-state index contributed by atoms with van der Waals surface area (Å²) in [5, 5.41) is 11.4. The van der Waals surface area contributed by atoms with Gasteiger partial charge in [-0.2, -0.15) is 0 Å². The molecule has 14 heteroatoms. The summed E-state index contributed by atoms with van der Waals surface area (Å²) in [4.78, 5) is 43.2. The first kappa shape index (κ1) is 34.9. The highest BCUT2D eigenvalue weighted by Gasteiger charge is 2.34. The van der Waals surface area contributed by atoms with Crippen molar-refractivity contribution >= 4 is 56.6 Å². The first-order chi connectivity index (χ1) is 22.9. The van der Waals surface area contributed by atoms with E-state index < -0.39 is 22.5 Å². The molecule has 48 heavy (non-hydrogen) atoms. The molecule has 0 aliphatic carbocycles. The number of thiazole rings is 1. The molecule has 0 spiro atoms. The molecule has 2 heterocycles. The molecule has 11 nitrogen and oxygen atoms in total. The molecule has 1 atom stereocenters. The Bertz CT molecular complexity index is 2110. The maximum Gasteiger partial charge on any atom is 0.338 e. The van der Waals surface area contributed by atoms with E-state index in [1.807, 2.05) is 13.8 Å². The van der Waals surface area contributed by atoms with E-state index in [0.29, 0.717) is 58.5 Å². The molecule has 4 aromatic rings. The largest absolute Gasteiger partial charge is 0.493 e. The summed E-state index contributed by atoms with van der Waals surface area (Å²) < 4.78 is 25.4. The molecule has 1 aromatic heterocycles. The van der Waals surface area contributed by atoms with Crippen molar-refractivity contribution in [1.29, 1.82) is 0 Å². The minimum atomic E-state index is -0.867. The van der Waals surface area contributed by atoms with E-state index in [1.165, 1.54) is 23.8 Å². The van der Waals surface area contributed by atoms with Gasteiger partial charge in [-0.05, 0) is 97.2 Å². The molecule has 250 valence electrons. The number of methoxy groups -OCH3 is 1. The van der Waals surface area contributed by atoms with E-state index in [0.717, 1.165) is 11.3 Å². The third-order valence-electron chi connectivity index (χ3n) is 7.24. The van der Waals surface area contributed by atoms with Gasteiger partial charge in [0, 0.05) is 22.7 Å². The minimum absolute atomic E-state index is 0.0274. The number of hydrogen-bond acceptors (Lipinski definition) is 10. The number of aromatic nitrogens is 1. The number of fused-ring (bicyclic) bond motifs is 1. The number of nitro benzene ring substituents is 1. The lowest BCUT2D eigenvalue weighted by Gasteiger charge is -2.25. The van der Waals surface area contributed by atoms with Crippen LogP contribution in [0.15, 0.2) is 80.1 Å². The van der Waals surface area contributed by atoms with Gasteiger partial charge in [0.25, 0.3) is 11.2 Å².